The summed E-state index contributed by atoms with van der Waals surface area (Å²) >= 11 is 0. The number of nitrogens with zero attached hydrogens (tertiary/aromatic N) is 2. The highest BCUT2D eigenvalue weighted by Crippen LogP contribution is 2.04. The molecule has 0 saturated heterocycles. The van der Waals surface area contributed by atoms with Crippen LogP contribution in [0, 0.1) is 6.92 Å². The first-order chi connectivity index (χ1) is 6.13. The molecule has 2 N–H and O–H groups in total. The normalized spacial score (nSPS) is 12.2. The first-order valence-corrected chi connectivity index (χ1v) is 3.95. The van der Waals surface area contributed by atoms with E-state index in [0.29, 0.717) is 5.82 Å². The van der Waals surface area contributed by atoms with Crippen molar-refractivity contribution in [2.75, 3.05) is 0 Å². The Morgan fingerprint density at radius 2 is 2.46 bits per heavy atom. The van der Waals surface area contributed by atoms with E-state index in [9.17, 15) is 4.79 Å². The molecule has 1 atom stereocenters. The van der Waals surface area contributed by atoms with Gasteiger partial charge in [0, 0.05) is 0 Å². The van der Waals surface area contributed by atoms with Crippen LogP contribution in [-0.4, -0.2) is 21.1 Å². The lowest BCUT2D eigenvalue weighted by Crippen LogP contribution is -2.25. The van der Waals surface area contributed by atoms with Crippen molar-refractivity contribution >= 4 is 5.91 Å². The van der Waals surface area contributed by atoms with E-state index < -0.39 is 0 Å². The molecule has 1 aromatic rings. The number of carbonyl (C=O) groups is 1. The van der Waals surface area contributed by atoms with Crippen molar-refractivity contribution in [2.45, 2.75) is 19.9 Å². The number of hydrogen-bond donors (Lipinski definition) is 2. The first kappa shape index (κ1) is 9.44. The molecule has 0 unspecified atom stereocenters. The van der Waals surface area contributed by atoms with Gasteiger partial charge in [-0.25, -0.2) is 4.98 Å². The van der Waals surface area contributed by atoms with Gasteiger partial charge in [-0.15, -0.1) is 0 Å². The molecule has 1 aromatic heterocycles. The smallest absolute Gasteiger partial charge is 0.243 e. The zero-order chi connectivity index (χ0) is 9.84. The predicted octanol–water partition coefficient (Wildman–Crippen LogP) is 0.476. The van der Waals surface area contributed by atoms with Gasteiger partial charge in [-0.05, 0) is 19.9 Å². The van der Waals surface area contributed by atoms with Gasteiger partial charge in [0.15, 0.2) is 5.82 Å². The molecule has 5 nitrogen and oxygen atoms in total. The molecule has 0 spiro atoms. The second kappa shape index (κ2) is 3.84. The van der Waals surface area contributed by atoms with Crippen molar-refractivity contribution in [1.82, 2.24) is 20.5 Å². The molecule has 0 aliphatic rings. The third kappa shape index (κ3) is 2.40. The predicted molar refractivity (Wildman–Crippen MR) is 47.9 cm³/mol. The van der Waals surface area contributed by atoms with Crippen molar-refractivity contribution in [3.8, 4) is 0 Å². The van der Waals surface area contributed by atoms with E-state index in [1.807, 2.05) is 6.92 Å². The van der Waals surface area contributed by atoms with Crippen molar-refractivity contribution < 1.29 is 4.79 Å². The highest BCUT2D eigenvalue weighted by atomic mass is 16.1. The molecule has 13 heavy (non-hydrogen) atoms. The van der Waals surface area contributed by atoms with Crippen LogP contribution >= 0.6 is 0 Å². The first-order valence-electron chi connectivity index (χ1n) is 3.95. The second-order valence-corrected chi connectivity index (χ2v) is 2.71. The summed E-state index contributed by atoms with van der Waals surface area (Å²) in [6.07, 6.45) is 1.22. The molecule has 0 radical (unpaired) electrons. The summed E-state index contributed by atoms with van der Waals surface area (Å²) in [5.74, 6) is 1.08. The lowest BCUT2D eigenvalue weighted by molar-refractivity contribution is -0.117. The van der Waals surface area contributed by atoms with Gasteiger partial charge in [0.2, 0.25) is 5.91 Å². The molecule has 1 rings (SSSR count). The highest BCUT2D eigenvalue weighted by Gasteiger charge is 2.11. The topological polar surface area (TPSA) is 70.7 Å². The maximum Gasteiger partial charge on any atom is 0.243 e. The lowest BCUT2D eigenvalue weighted by Gasteiger charge is -2.07. The Bertz CT molecular complexity index is 318. The van der Waals surface area contributed by atoms with E-state index in [1.165, 1.54) is 6.08 Å². The van der Waals surface area contributed by atoms with Gasteiger partial charge in [-0.3, -0.25) is 9.89 Å². The molecule has 0 aliphatic carbocycles. The molecule has 0 saturated carbocycles. The van der Waals surface area contributed by atoms with E-state index in [1.54, 1.807) is 6.92 Å². The van der Waals surface area contributed by atoms with Gasteiger partial charge < -0.3 is 5.32 Å². The van der Waals surface area contributed by atoms with E-state index in [0.717, 1.165) is 5.82 Å². The number of rotatable bonds is 3. The fourth-order valence-electron chi connectivity index (χ4n) is 0.891. The van der Waals surface area contributed by atoms with Gasteiger partial charge >= 0.3 is 0 Å². The van der Waals surface area contributed by atoms with Crippen LogP contribution in [0.5, 0.6) is 0 Å². The lowest BCUT2D eigenvalue weighted by atomic mass is 10.3. The van der Waals surface area contributed by atoms with Crippen molar-refractivity contribution in [3.05, 3.63) is 24.3 Å². The molecule has 1 heterocycles. The average Bonchev–Trinajstić information content (AvgIpc) is 2.51. The standard InChI is InChI=1S/C8H12N4O/c1-4-7(13)9-5(2)8-10-6(3)11-12-8/h4-5H,1H2,2-3H3,(H,9,13)(H,10,11,12)/t5-/m0/s1. The van der Waals surface area contributed by atoms with Crippen LogP contribution < -0.4 is 5.32 Å². The number of amides is 1. The van der Waals surface area contributed by atoms with Crippen LogP contribution in [0.25, 0.3) is 0 Å². The van der Waals surface area contributed by atoms with Crippen LogP contribution in [0.1, 0.15) is 24.6 Å². The zero-order valence-corrected chi connectivity index (χ0v) is 7.66. The summed E-state index contributed by atoms with van der Waals surface area (Å²) in [6, 6.07) is -0.199. The molecule has 0 aromatic carbocycles. The van der Waals surface area contributed by atoms with Gasteiger partial charge in [0.25, 0.3) is 0 Å². The fourth-order valence-corrected chi connectivity index (χ4v) is 0.891. The van der Waals surface area contributed by atoms with Gasteiger partial charge in [-0.1, -0.05) is 6.58 Å². The minimum Gasteiger partial charge on any atom is -0.343 e. The number of aromatic amines is 1. The number of H-pyrrole nitrogens is 1. The van der Waals surface area contributed by atoms with Crippen LogP contribution in [0.4, 0.5) is 0 Å². The van der Waals surface area contributed by atoms with Crippen LogP contribution in [0.2, 0.25) is 0 Å². The van der Waals surface area contributed by atoms with E-state index >= 15 is 0 Å². The molecule has 1 amide bonds. The summed E-state index contributed by atoms with van der Waals surface area (Å²) in [5, 5.41) is 9.28. The second-order valence-electron chi connectivity index (χ2n) is 2.71. The Morgan fingerprint density at radius 3 is 2.92 bits per heavy atom. The Morgan fingerprint density at radius 1 is 1.77 bits per heavy atom. The minimum absolute atomic E-state index is 0.199. The number of hydrogen-bond acceptors (Lipinski definition) is 3. The third-order valence-corrected chi connectivity index (χ3v) is 1.55. The van der Waals surface area contributed by atoms with Crippen molar-refractivity contribution in [2.24, 2.45) is 0 Å². The van der Waals surface area contributed by atoms with Crippen LogP contribution in [0.15, 0.2) is 12.7 Å². The number of nitrogens with one attached hydrogen (secondary N) is 2. The monoisotopic (exact) mass is 180 g/mol. The molecule has 0 aliphatic heterocycles. The maximum absolute atomic E-state index is 10.9. The minimum atomic E-state index is -0.227. The largest absolute Gasteiger partial charge is 0.343 e. The summed E-state index contributed by atoms with van der Waals surface area (Å²) in [7, 11) is 0. The zero-order valence-electron chi connectivity index (χ0n) is 7.66. The average molecular weight is 180 g/mol. The summed E-state index contributed by atoms with van der Waals surface area (Å²) in [4.78, 5) is 15.0. The fraction of sp³-hybridized carbons (Fsp3) is 0.375. The molecule has 0 fully saturated rings. The van der Waals surface area contributed by atoms with Gasteiger partial charge in [0.05, 0.1) is 6.04 Å². The summed E-state index contributed by atoms with van der Waals surface area (Å²) in [5.41, 5.74) is 0. The van der Waals surface area contributed by atoms with Crippen LogP contribution in [0.3, 0.4) is 0 Å². The van der Waals surface area contributed by atoms with Crippen molar-refractivity contribution in [1.29, 1.82) is 0 Å². The number of aryl methyl sites for hydroxylation is 1. The molecular formula is C8H12N4O. The Kier molecular flexibility index (Phi) is 2.79. The Hall–Kier alpha value is -1.65. The third-order valence-electron chi connectivity index (χ3n) is 1.55. The molecule has 0 bridgehead atoms. The Labute approximate surface area is 76.3 Å². The summed E-state index contributed by atoms with van der Waals surface area (Å²) in [6.45, 7) is 6.97. The SMILES string of the molecule is C=CC(=O)N[C@@H](C)c1n[nH]c(C)n1. The maximum atomic E-state index is 10.9. The Balaban J connectivity index is 2.63. The van der Waals surface area contributed by atoms with Crippen LogP contribution in [-0.2, 0) is 4.79 Å². The summed E-state index contributed by atoms with van der Waals surface area (Å²) < 4.78 is 0. The number of carbonyl (C=O) groups excluding carboxylic acids is 1. The number of aromatic nitrogens is 3. The highest BCUT2D eigenvalue weighted by molar-refractivity contribution is 5.87. The van der Waals surface area contributed by atoms with Gasteiger partial charge in [-0.2, -0.15) is 5.10 Å². The van der Waals surface area contributed by atoms with Crippen molar-refractivity contribution in [3.63, 3.8) is 0 Å². The van der Waals surface area contributed by atoms with E-state index in [4.69, 9.17) is 0 Å². The van der Waals surface area contributed by atoms with Gasteiger partial charge in [0.1, 0.15) is 5.82 Å². The molecule has 5 heteroatoms. The van der Waals surface area contributed by atoms with E-state index in [2.05, 4.69) is 27.1 Å². The molecule has 70 valence electrons. The molecular weight excluding hydrogens is 168 g/mol. The van der Waals surface area contributed by atoms with E-state index in [-0.39, 0.29) is 11.9 Å². The quantitative estimate of drug-likeness (QED) is 0.664.